The van der Waals surface area contributed by atoms with Crippen molar-refractivity contribution >= 4 is 11.6 Å². The van der Waals surface area contributed by atoms with Gasteiger partial charge in [-0.3, -0.25) is 9.59 Å². The molecule has 2 aromatic carbocycles. The van der Waals surface area contributed by atoms with Gasteiger partial charge in [0.2, 0.25) is 0 Å². The lowest BCUT2D eigenvalue weighted by Crippen LogP contribution is -2.44. The SMILES string of the molecule is CC(O)(CC1CCC(O)(C(=O)c2ccccc2)CC1)C(=O)c1ccccc1OCCO. The van der Waals surface area contributed by atoms with Crippen LogP contribution in [0.3, 0.4) is 0 Å². The quantitative estimate of drug-likeness (QED) is 0.532. The van der Waals surface area contributed by atoms with Crippen molar-refractivity contribution in [1.29, 1.82) is 0 Å². The fraction of sp³-hybridized carbons (Fsp3) is 0.440. The molecule has 1 atom stereocenters. The third-order valence-corrected chi connectivity index (χ3v) is 6.05. The molecular weight excluding hydrogens is 396 g/mol. The number of aliphatic hydroxyl groups is 3. The Morgan fingerprint density at radius 1 is 1.06 bits per heavy atom. The molecule has 0 aliphatic heterocycles. The Balaban J connectivity index is 1.64. The van der Waals surface area contributed by atoms with E-state index in [0.717, 1.165) is 0 Å². The molecule has 0 spiro atoms. The molecule has 3 N–H and O–H groups in total. The van der Waals surface area contributed by atoms with Crippen molar-refractivity contribution in [3.05, 3.63) is 65.7 Å². The number of carbonyl (C=O) groups is 2. The van der Waals surface area contributed by atoms with E-state index in [0.29, 0.717) is 37.0 Å². The number of hydrogen-bond donors (Lipinski definition) is 3. The number of carbonyl (C=O) groups excluding carboxylic acids is 2. The van der Waals surface area contributed by atoms with E-state index < -0.39 is 17.0 Å². The first-order valence-electron chi connectivity index (χ1n) is 10.7. The fourth-order valence-electron chi connectivity index (χ4n) is 4.33. The summed E-state index contributed by atoms with van der Waals surface area (Å²) in [6.45, 7) is 1.38. The van der Waals surface area contributed by atoms with Crippen molar-refractivity contribution in [2.24, 2.45) is 5.92 Å². The lowest BCUT2D eigenvalue weighted by molar-refractivity contribution is -0.0117. The summed E-state index contributed by atoms with van der Waals surface area (Å²) < 4.78 is 5.44. The van der Waals surface area contributed by atoms with Gasteiger partial charge >= 0.3 is 0 Å². The maximum absolute atomic E-state index is 13.0. The zero-order valence-corrected chi connectivity index (χ0v) is 17.8. The normalized spacial score (nSPS) is 23.0. The molecule has 3 rings (SSSR count). The van der Waals surface area contributed by atoms with Crippen LogP contribution in [0.4, 0.5) is 0 Å². The predicted molar refractivity (Wildman–Crippen MR) is 116 cm³/mol. The van der Waals surface area contributed by atoms with Crippen LogP contribution in [0.25, 0.3) is 0 Å². The van der Waals surface area contributed by atoms with Gasteiger partial charge in [0.1, 0.15) is 23.6 Å². The largest absolute Gasteiger partial charge is 0.490 e. The molecule has 0 aromatic heterocycles. The van der Waals surface area contributed by atoms with E-state index in [1.54, 1.807) is 48.5 Å². The Hall–Kier alpha value is -2.54. The average Bonchev–Trinajstić information content (AvgIpc) is 2.79. The summed E-state index contributed by atoms with van der Waals surface area (Å²) in [5.74, 6) is -0.381. The number of ketones is 2. The standard InChI is InChI=1S/C25H30O6/c1-24(29,23(28)20-9-5-6-10-21(20)31-16-15-26)17-18-11-13-25(30,14-12-18)22(27)19-7-3-2-4-8-19/h2-10,18,26,29-30H,11-17H2,1H3. The van der Waals surface area contributed by atoms with Gasteiger partial charge in [-0.25, -0.2) is 0 Å². The summed E-state index contributed by atoms with van der Waals surface area (Å²) in [7, 11) is 0. The predicted octanol–water partition coefficient (Wildman–Crippen LogP) is 3.19. The minimum absolute atomic E-state index is 0.00770. The molecule has 0 bridgehead atoms. The van der Waals surface area contributed by atoms with Gasteiger partial charge in [-0.2, -0.15) is 0 Å². The van der Waals surface area contributed by atoms with Gasteiger partial charge in [0, 0.05) is 5.56 Å². The molecule has 1 saturated carbocycles. The van der Waals surface area contributed by atoms with Gasteiger partial charge < -0.3 is 20.1 Å². The van der Waals surface area contributed by atoms with Gasteiger partial charge in [0.05, 0.1) is 12.2 Å². The molecule has 1 unspecified atom stereocenters. The number of benzene rings is 2. The van der Waals surface area contributed by atoms with Crippen LogP contribution in [0, 0.1) is 5.92 Å². The summed E-state index contributed by atoms with van der Waals surface area (Å²) in [5, 5.41) is 30.9. The lowest BCUT2D eigenvalue weighted by atomic mass is 9.71. The first kappa shape index (κ1) is 23.1. The second-order valence-corrected chi connectivity index (χ2v) is 8.55. The first-order valence-corrected chi connectivity index (χ1v) is 10.7. The molecule has 31 heavy (non-hydrogen) atoms. The van der Waals surface area contributed by atoms with Gasteiger partial charge in [-0.15, -0.1) is 0 Å². The second kappa shape index (κ2) is 9.73. The summed E-state index contributed by atoms with van der Waals surface area (Å²) in [5.41, 5.74) is -2.25. The molecule has 0 amide bonds. The third kappa shape index (κ3) is 5.39. The summed E-state index contributed by atoms with van der Waals surface area (Å²) in [6, 6.07) is 15.4. The van der Waals surface area contributed by atoms with Crippen molar-refractivity contribution in [3.8, 4) is 5.75 Å². The van der Waals surface area contributed by atoms with Crippen molar-refractivity contribution in [2.45, 2.75) is 50.2 Å². The van der Waals surface area contributed by atoms with E-state index >= 15 is 0 Å². The topological polar surface area (TPSA) is 104 Å². The molecule has 2 aromatic rings. The highest BCUT2D eigenvalue weighted by molar-refractivity contribution is 6.04. The van der Waals surface area contributed by atoms with Gasteiger partial charge in [0.25, 0.3) is 0 Å². The van der Waals surface area contributed by atoms with E-state index in [4.69, 9.17) is 9.84 Å². The maximum Gasteiger partial charge on any atom is 0.197 e. The molecule has 166 valence electrons. The zero-order chi connectivity index (χ0) is 22.5. The van der Waals surface area contributed by atoms with Crippen molar-refractivity contribution in [3.63, 3.8) is 0 Å². The first-order chi connectivity index (χ1) is 14.8. The van der Waals surface area contributed by atoms with Crippen molar-refractivity contribution in [1.82, 2.24) is 0 Å². The van der Waals surface area contributed by atoms with Crippen LogP contribution in [-0.4, -0.2) is 51.3 Å². The summed E-state index contributed by atoms with van der Waals surface area (Å²) in [4.78, 5) is 25.8. The highest BCUT2D eigenvalue weighted by atomic mass is 16.5. The van der Waals surface area contributed by atoms with Crippen LogP contribution < -0.4 is 4.74 Å². The molecule has 6 nitrogen and oxygen atoms in total. The van der Waals surface area contributed by atoms with E-state index in [9.17, 15) is 19.8 Å². The van der Waals surface area contributed by atoms with Crippen LogP contribution >= 0.6 is 0 Å². The Kier molecular flexibility index (Phi) is 7.26. The summed E-state index contributed by atoms with van der Waals surface area (Å²) >= 11 is 0. The van der Waals surface area contributed by atoms with Crippen molar-refractivity contribution < 1.29 is 29.6 Å². The molecule has 0 radical (unpaired) electrons. The van der Waals surface area contributed by atoms with Crippen LogP contribution in [0.15, 0.2) is 54.6 Å². The number of para-hydroxylation sites is 1. The van der Waals surface area contributed by atoms with E-state index in [-0.39, 0.29) is 36.9 Å². The smallest absolute Gasteiger partial charge is 0.197 e. The Bertz CT molecular complexity index is 897. The monoisotopic (exact) mass is 426 g/mol. The lowest BCUT2D eigenvalue weighted by Gasteiger charge is -2.37. The van der Waals surface area contributed by atoms with Crippen LogP contribution in [0.1, 0.15) is 59.7 Å². The number of aliphatic hydroxyl groups excluding tert-OH is 1. The third-order valence-electron chi connectivity index (χ3n) is 6.05. The van der Waals surface area contributed by atoms with Gasteiger partial charge in [-0.1, -0.05) is 42.5 Å². The van der Waals surface area contributed by atoms with E-state index in [2.05, 4.69) is 0 Å². The highest BCUT2D eigenvalue weighted by Crippen LogP contribution is 2.39. The van der Waals surface area contributed by atoms with E-state index in [1.165, 1.54) is 6.92 Å². The zero-order valence-electron chi connectivity index (χ0n) is 17.8. The minimum Gasteiger partial charge on any atom is -0.490 e. The molecule has 0 heterocycles. The van der Waals surface area contributed by atoms with Crippen molar-refractivity contribution in [2.75, 3.05) is 13.2 Å². The molecule has 1 aliphatic carbocycles. The second-order valence-electron chi connectivity index (χ2n) is 8.55. The van der Waals surface area contributed by atoms with Crippen LogP contribution in [0.5, 0.6) is 5.75 Å². The maximum atomic E-state index is 13.0. The molecular formula is C25H30O6. The van der Waals surface area contributed by atoms with Crippen LogP contribution in [-0.2, 0) is 0 Å². The van der Waals surface area contributed by atoms with E-state index in [1.807, 2.05) is 6.07 Å². The molecule has 6 heteroatoms. The fourth-order valence-corrected chi connectivity index (χ4v) is 4.33. The number of rotatable bonds is 9. The average molecular weight is 427 g/mol. The Labute approximate surface area is 182 Å². The number of ether oxygens (including phenoxy) is 1. The Morgan fingerprint density at radius 3 is 2.32 bits per heavy atom. The Morgan fingerprint density at radius 2 is 1.68 bits per heavy atom. The van der Waals surface area contributed by atoms with Crippen LogP contribution in [0.2, 0.25) is 0 Å². The molecule has 1 aliphatic rings. The molecule has 0 saturated heterocycles. The molecule has 1 fully saturated rings. The number of hydrogen-bond acceptors (Lipinski definition) is 6. The number of Topliss-reactive ketones (excluding diaryl/α,β-unsaturated/α-hetero) is 2. The van der Waals surface area contributed by atoms with Gasteiger partial charge in [0.15, 0.2) is 11.6 Å². The summed E-state index contributed by atoms with van der Waals surface area (Å²) in [6.07, 6.45) is 1.91. The van der Waals surface area contributed by atoms with Gasteiger partial charge in [-0.05, 0) is 57.1 Å². The minimum atomic E-state index is -1.61. The highest BCUT2D eigenvalue weighted by Gasteiger charge is 2.43.